The molecule has 0 atom stereocenters. The lowest BCUT2D eigenvalue weighted by atomic mass is 10.1. The van der Waals surface area contributed by atoms with Gasteiger partial charge in [0.1, 0.15) is 6.54 Å². The maximum absolute atomic E-state index is 11.6. The van der Waals surface area contributed by atoms with Gasteiger partial charge in [0.15, 0.2) is 0 Å². The molecule has 6 nitrogen and oxygen atoms in total. The number of aliphatic carboxylic acids is 1. The van der Waals surface area contributed by atoms with Crippen molar-refractivity contribution < 1.29 is 20.0 Å². The van der Waals surface area contributed by atoms with Crippen LogP contribution in [0.3, 0.4) is 0 Å². The molecule has 4 N–H and O–H groups in total. The number of nitrogens with zero attached hydrogens (tertiary/aromatic N) is 1. The fourth-order valence-corrected chi connectivity index (χ4v) is 3.02. The highest BCUT2D eigenvalue weighted by Crippen LogP contribution is 2.15. The van der Waals surface area contributed by atoms with Crippen LogP contribution in [0.5, 0.6) is 0 Å². The molecule has 1 aromatic rings. The van der Waals surface area contributed by atoms with E-state index in [1.54, 1.807) is 11.9 Å². The van der Waals surface area contributed by atoms with Crippen LogP contribution in [-0.2, 0) is 9.59 Å². The summed E-state index contributed by atoms with van der Waals surface area (Å²) in [4.78, 5) is 24.1. The number of likely N-dealkylation sites (N-methyl/N-ethyl adjacent to an activating group) is 1. The summed E-state index contributed by atoms with van der Waals surface area (Å²) >= 11 is 4.04. The zero-order valence-corrected chi connectivity index (χ0v) is 19.3. The highest BCUT2D eigenvalue weighted by Gasteiger charge is 2.04. The SMILES string of the molecule is CC=C(C=C[NH2+]CCCC(=O)NCCSS)C=Cc1ccc(N(C)CC(=O)O)cc1. The fourth-order valence-electron chi connectivity index (χ4n) is 2.55. The summed E-state index contributed by atoms with van der Waals surface area (Å²) in [7, 11) is 3.18. The summed E-state index contributed by atoms with van der Waals surface area (Å²) in [6.45, 7) is 3.48. The summed E-state index contributed by atoms with van der Waals surface area (Å²) in [5.74, 6) is 0.0523. The maximum atomic E-state index is 11.6. The molecule has 8 heteroatoms. The number of nitrogens with two attached hydrogens (primary N) is 1. The molecular formula is C22H32N3O3S2+. The quantitative estimate of drug-likeness (QED) is 0.152. The zero-order valence-electron chi connectivity index (χ0n) is 17.6. The Kier molecular flexibility index (Phi) is 13.5. The van der Waals surface area contributed by atoms with Crippen molar-refractivity contribution in [2.45, 2.75) is 19.8 Å². The second-order valence-electron chi connectivity index (χ2n) is 6.63. The Balaban J connectivity index is 2.38. The molecule has 0 aliphatic carbocycles. The highest BCUT2D eigenvalue weighted by atomic mass is 33.1. The maximum Gasteiger partial charge on any atom is 0.323 e. The van der Waals surface area contributed by atoms with Crippen LogP contribution in [0.25, 0.3) is 6.08 Å². The van der Waals surface area contributed by atoms with Gasteiger partial charge in [-0.15, -0.1) is 11.7 Å². The van der Waals surface area contributed by atoms with Gasteiger partial charge in [0.25, 0.3) is 0 Å². The van der Waals surface area contributed by atoms with E-state index in [1.165, 1.54) is 10.8 Å². The number of allylic oxidation sites excluding steroid dienone is 4. The number of rotatable bonds is 14. The molecule has 0 radical (unpaired) electrons. The molecule has 1 aromatic carbocycles. The molecular weight excluding hydrogens is 418 g/mol. The summed E-state index contributed by atoms with van der Waals surface area (Å²) in [6, 6.07) is 7.75. The number of quaternary nitrogens is 1. The molecule has 0 unspecified atom stereocenters. The van der Waals surface area contributed by atoms with E-state index in [1.807, 2.05) is 61.7 Å². The number of hydrogen-bond donors (Lipinski definition) is 4. The van der Waals surface area contributed by atoms with Crippen molar-refractivity contribution in [1.82, 2.24) is 5.32 Å². The van der Waals surface area contributed by atoms with Gasteiger partial charge in [0, 0.05) is 37.9 Å². The van der Waals surface area contributed by atoms with Crippen molar-refractivity contribution >= 4 is 46.1 Å². The Morgan fingerprint density at radius 3 is 2.63 bits per heavy atom. The van der Waals surface area contributed by atoms with Gasteiger partial charge in [-0.1, -0.05) is 41.2 Å². The normalized spacial score (nSPS) is 11.9. The number of carboxylic acid groups (broad SMARTS) is 1. The lowest BCUT2D eigenvalue weighted by Crippen LogP contribution is -2.78. The van der Waals surface area contributed by atoms with Gasteiger partial charge in [0.05, 0.1) is 12.7 Å². The predicted molar refractivity (Wildman–Crippen MR) is 130 cm³/mol. The van der Waals surface area contributed by atoms with Crippen LogP contribution < -0.4 is 15.5 Å². The predicted octanol–water partition coefficient (Wildman–Crippen LogP) is 2.72. The number of amides is 1. The van der Waals surface area contributed by atoms with Crippen molar-refractivity contribution in [3.8, 4) is 0 Å². The van der Waals surface area contributed by atoms with Crippen molar-refractivity contribution in [2.24, 2.45) is 0 Å². The van der Waals surface area contributed by atoms with E-state index in [-0.39, 0.29) is 12.5 Å². The van der Waals surface area contributed by atoms with Crippen molar-refractivity contribution in [2.75, 3.05) is 37.3 Å². The number of thiol groups is 1. The zero-order chi connectivity index (χ0) is 22.2. The lowest BCUT2D eigenvalue weighted by Gasteiger charge is -2.16. The Morgan fingerprint density at radius 2 is 2.00 bits per heavy atom. The Hall–Kier alpha value is -2.16. The smallest absolute Gasteiger partial charge is 0.323 e. The minimum absolute atomic E-state index is 0.0287. The largest absolute Gasteiger partial charge is 0.480 e. The average molecular weight is 451 g/mol. The van der Waals surface area contributed by atoms with E-state index in [2.05, 4.69) is 22.3 Å². The van der Waals surface area contributed by atoms with Crippen molar-refractivity contribution in [1.29, 1.82) is 0 Å². The third-order valence-electron chi connectivity index (χ3n) is 4.22. The van der Waals surface area contributed by atoms with Crippen LogP contribution in [0.15, 0.2) is 54.3 Å². The molecule has 0 bridgehead atoms. The molecule has 0 saturated heterocycles. The summed E-state index contributed by atoms with van der Waals surface area (Å²) in [5.41, 5.74) is 2.99. The molecule has 30 heavy (non-hydrogen) atoms. The van der Waals surface area contributed by atoms with Crippen LogP contribution in [-0.4, -0.2) is 49.4 Å². The lowest BCUT2D eigenvalue weighted by molar-refractivity contribution is -0.588. The first-order valence-corrected chi connectivity index (χ1v) is 11.9. The Morgan fingerprint density at radius 1 is 1.27 bits per heavy atom. The number of carboxylic acids is 1. The molecule has 0 aliphatic rings. The molecule has 1 amide bonds. The summed E-state index contributed by atoms with van der Waals surface area (Å²) in [5, 5.41) is 13.8. The molecule has 0 heterocycles. The van der Waals surface area contributed by atoms with Crippen LogP contribution in [0.4, 0.5) is 5.69 Å². The second-order valence-corrected chi connectivity index (χ2v) is 8.07. The van der Waals surface area contributed by atoms with Crippen LogP contribution in [0.1, 0.15) is 25.3 Å². The molecule has 1 rings (SSSR count). The van der Waals surface area contributed by atoms with Crippen LogP contribution in [0.2, 0.25) is 0 Å². The average Bonchev–Trinajstić information content (AvgIpc) is 2.72. The molecule has 0 saturated carbocycles. The Bertz CT molecular complexity index is 746. The van der Waals surface area contributed by atoms with E-state index in [9.17, 15) is 9.59 Å². The van der Waals surface area contributed by atoms with Crippen LogP contribution >= 0.6 is 22.5 Å². The van der Waals surface area contributed by atoms with Crippen molar-refractivity contribution in [3.05, 3.63) is 59.8 Å². The number of nitrogens with one attached hydrogen (secondary N) is 1. The van der Waals surface area contributed by atoms with E-state index in [0.717, 1.165) is 35.5 Å². The van der Waals surface area contributed by atoms with Gasteiger partial charge in [-0.05, 0) is 36.3 Å². The first-order valence-electron chi connectivity index (χ1n) is 9.86. The summed E-state index contributed by atoms with van der Waals surface area (Å²) in [6.07, 6.45) is 11.5. The van der Waals surface area contributed by atoms with E-state index >= 15 is 0 Å². The molecule has 0 aromatic heterocycles. The first kappa shape index (κ1) is 25.9. The first-order chi connectivity index (χ1) is 14.5. The van der Waals surface area contributed by atoms with Gasteiger partial charge < -0.3 is 20.6 Å². The molecule has 0 aliphatic heterocycles. The minimum Gasteiger partial charge on any atom is -0.480 e. The third kappa shape index (κ3) is 11.7. The minimum atomic E-state index is -0.852. The number of hydrogen-bond acceptors (Lipinski definition) is 5. The number of benzene rings is 1. The third-order valence-corrected chi connectivity index (χ3v) is 5.16. The van der Waals surface area contributed by atoms with Gasteiger partial charge in [-0.3, -0.25) is 9.59 Å². The van der Waals surface area contributed by atoms with Gasteiger partial charge in [0.2, 0.25) is 5.91 Å². The van der Waals surface area contributed by atoms with E-state index in [0.29, 0.717) is 13.0 Å². The molecule has 164 valence electrons. The molecule has 0 spiro atoms. The second kappa shape index (κ2) is 15.6. The standard InChI is InChI=1S/C22H31N3O3S2/c1-3-18(12-14-23-13-4-5-21(26)24-15-16-30-29)6-7-19-8-10-20(11-9-19)25(2)17-22(27)28/h3,6-12,14,23,29H,4-5,13,15-17H2,1-2H3,(H,24,26)(H,27,28)/p+1. The van der Waals surface area contributed by atoms with Gasteiger partial charge >= 0.3 is 5.97 Å². The highest BCUT2D eigenvalue weighted by molar-refractivity contribution is 8.68. The summed E-state index contributed by atoms with van der Waals surface area (Å²) < 4.78 is 0. The fraction of sp³-hybridized carbons (Fsp3) is 0.364. The number of anilines is 1. The number of carbonyl (C=O) groups is 2. The monoisotopic (exact) mass is 450 g/mol. The van der Waals surface area contributed by atoms with Crippen LogP contribution in [0, 0.1) is 0 Å². The van der Waals surface area contributed by atoms with Crippen molar-refractivity contribution in [3.63, 3.8) is 0 Å². The topological polar surface area (TPSA) is 86.3 Å². The van der Waals surface area contributed by atoms with E-state index in [4.69, 9.17) is 5.11 Å². The van der Waals surface area contributed by atoms with Gasteiger partial charge in [-0.25, -0.2) is 0 Å². The van der Waals surface area contributed by atoms with Gasteiger partial charge in [-0.2, -0.15) is 0 Å². The van der Waals surface area contributed by atoms with E-state index < -0.39 is 5.97 Å². The Labute approximate surface area is 188 Å². The number of carbonyl (C=O) groups excluding carboxylic acids is 1. The molecule has 0 fully saturated rings.